The molecule has 1 aromatic rings. The number of carbonyl (C=O) groups is 2. The van der Waals surface area contributed by atoms with Crippen LogP contribution in [0, 0.1) is 17.8 Å². The molecule has 0 aromatic heterocycles. The summed E-state index contributed by atoms with van der Waals surface area (Å²) >= 11 is 0. The Kier molecular flexibility index (Phi) is 5.95. The van der Waals surface area contributed by atoms with Crippen molar-refractivity contribution in [3.8, 4) is 5.75 Å². The molecular weight excluding hydrogens is 384 g/mol. The van der Waals surface area contributed by atoms with Crippen LogP contribution in [-0.2, 0) is 19.6 Å². The number of rotatable bonds is 7. The fourth-order valence-corrected chi connectivity index (χ4v) is 5.16. The Bertz CT molecular complexity index is 830. The van der Waals surface area contributed by atoms with E-state index in [1.54, 1.807) is 12.1 Å². The van der Waals surface area contributed by atoms with Gasteiger partial charge in [0, 0.05) is 19.0 Å². The first kappa shape index (κ1) is 20.6. The summed E-state index contributed by atoms with van der Waals surface area (Å²) in [6.45, 7) is 2.42. The lowest BCUT2D eigenvalue weighted by molar-refractivity contribution is -0.143. The fourth-order valence-electron chi connectivity index (χ4n) is 3.69. The lowest BCUT2D eigenvalue weighted by atomic mass is 9.96. The third-order valence-corrected chi connectivity index (χ3v) is 7.60. The van der Waals surface area contributed by atoms with Gasteiger partial charge in [-0.15, -0.1) is 0 Å². The van der Waals surface area contributed by atoms with Gasteiger partial charge in [0.15, 0.2) is 0 Å². The molecule has 8 nitrogen and oxygen atoms in total. The summed E-state index contributed by atoms with van der Waals surface area (Å²) in [6, 6.07) is 5.34. The first-order valence-electron chi connectivity index (χ1n) is 9.41. The van der Waals surface area contributed by atoms with Crippen LogP contribution in [0.2, 0.25) is 0 Å². The van der Waals surface area contributed by atoms with Crippen molar-refractivity contribution in [1.29, 1.82) is 0 Å². The first-order valence-corrected chi connectivity index (χ1v) is 10.9. The van der Waals surface area contributed by atoms with Gasteiger partial charge < -0.3 is 15.2 Å². The molecule has 3 unspecified atom stereocenters. The van der Waals surface area contributed by atoms with Gasteiger partial charge >= 0.3 is 5.97 Å². The smallest absolute Gasteiger partial charge is 0.326 e. The van der Waals surface area contributed by atoms with Crippen LogP contribution in [0.4, 0.5) is 0 Å². The van der Waals surface area contributed by atoms with Crippen LogP contribution in [0.3, 0.4) is 0 Å². The molecule has 154 valence electrons. The Hall–Kier alpha value is -2.13. The van der Waals surface area contributed by atoms with Crippen LogP contribution in [0.5, 0.6) is 5.75 Å². The highest BCUT2D eigenvalue weighted by molar-refractivity contribution is 7.89. The number of sulfonamides is 1. The van der Waals surface area contributed by atoms with E-state index in [0.717, 1.165) is 6.42 Å². The van der Waals surface area contributed by atoms with Crippen LogP contribution >= 0.6 is 0 Å². The maximum absolute atomic E-state index is 12.8. The minimum Gasteiger partial charge on any atom is -0.497 e. The van der Waals surface area contributed by atoms with Crippen LogP contribution in [0.1, 0.15) is 26.2 Å². The second-order valence-corrected chi connectivity index (χ2v) is 9.49. The quantitative estimate of drug-likeness (QED) is 0.701. The lowest BCUT2D eigenvalue weighted by Gasteiger charge is -2.31. The molecule has 1 aliphatic heterocycles. The van der Waals surface area contributed by atoms with E-state index in [1.165, 1.54) is 23.5 Å². The number of aliphatic carboxylic acids is 1. The molecule has 0 spiro atoms. The Morgan fingerprint density at radius 3 is 2.25 bits per heavy atom. The number of amides is 1. The summed E-state index contributed by atoms with van der Waals surface area (Å²) in [5, 5.41) is 12.0. The van der Waals surface area contributed by atoms with Gasteiger partial charge in [-0.2, -0.15) is 4.31 Å². The molecule has 1 aliphatic carbocycles. The number of hydrogen-bond donors (Lipinski definition) is 2. The van der Waals surface area contributed by atoms with Crippen molar-refractivity contribution in [2.45, 2.75) is 37.1 Å². The highest BCUT2D eigenvalue weighted by Crippen LogP contribution is 2.40. The molecule has 1 aromatic carbocycles. The Balaban J connectivity index is 1.58. The van der Waals surface area contributed by atoms with Gasteiger partial charge in [0.05, 0.1) is 12.0 Å². The van der Waals surface area contributed by atoms with Crippen molar-refractivity contribution in [2.24, 2.45) is 17.8 Å². The van der Waals surface area contributed by atoms with Crippen LogP contribution < -0.4 is 10.1 Å². The van der Waals surface area contributed by atoms with Crippen LogP contribution in [-0.4, -0.2) is 55.9 Å². The molecule has 0 bridgehead atoms. The number of nitrogens with one attached hydrogen (secondary N) is 1. The predicted octanol–water partition coefficient (Wildman–Crippen LogP) is 1.32. The second-order valence-electron chi connectivity index (χ2n) is 7.56. The first-order chi connectivity index (χ1) is 13.2. The van der Waals surface area contributed by atoms with Gasteiger partial charge in [-0.3, -0.25) is 4.79 Å². The number of hydrogen-bond acceptors (Lipinski definition) is 5. The predicted molar refractivity (Wildman–Crippen MR) is 101 cm³/mol. The summed E-state index contributed by atoms with van der Waals surface area (Å²) in [5.41, 5.74) is 0. The topological polar surface area (TPSA) is 113 Å². The Morgan fingerprint density at radius 1 is 1.21 bits per heavy atom. The summed E-state index contributed by atoms with van der Waals surface area (Å²) in [6.07, 6.45) is 1.54. The van der Waals surface area contributed by atoms with Crippen molar-refractivity contribution in [3.05, 3.63) is 24.3 Å². The molecule has 1 saturated heterocycles. The molecule has 1 saturated carbocycles. The van der Waals surface area contributed by atoms with E-state index in [2.05, 4.69) is 5.32 Å². The summed E-state index contributed by atoms with van der Waals surface area (Å²) in [7, 11) is -2.12. The van der Waals surface area contributed by atoms with Gasteiger partial charge in [0.25, 0.3) is 0 Å². The monoisotopic (exact) mass is 410 g/mol. The number of ether oxygens (including phenoxy) is 1. The second kappa shape index (κ2) is 8.08. The zero-order chi connectivity index (χ0) is 20.5. The molecule has 1 heterocycles. The Labute approximate surface area is 164 Å². The number of methoxy groups -OCH3 is 1. The normalized spacial score (nSPS) is 24.4. The molecule has 2 N–H and O–H groups in total. The number of piperidine rings is 1. The number of nitrogens with zero attached hydrogens (tertiary/aromatic N) is 1. The van der Waals surface area contributed by atoms with Crippen molar-refractivity contribution in [1.82, 2.24) is 9.62 Å². The van der Waals surface area contributed by atoms with Crippen molar-refractivity contribution < 1.29 is 27.9 Å². The highest BCUT2D eigenvalue weighted by atomic mass is 32.2. The van der Waals surface area contributed by atoms with E-state index in [4.69, 9.17) is 4.74 Å². The molecule has 0 radical (unpaired) electrons. The van der Waals surface area contributed by atoms with Crippen LogP contribution in [0.25, 0.3) is 0 Å². The van der Waals surface area contributed by atoms with E-state index < -0.39 is 22.0 Å². The van der Waals surface area contributed by atoms with Crippen molar-refractivity contribution in [2.75, 3.05) is 20.2 Å². The molecule has 1 amide bonds. The molecule has 2 fully saturated rings. The minimum atomic E-state index is -3.63. The average Bonchev–Trinajstić information content (AvgIpc) is 3.41. The third-order valence-electron chi connectivity index (χ3n) is 5.69. The maximum Gasteiger partial charge on any atom is 0.326 e. The number of carbonyl (C=O) groups excluding carboxylic acids is 1. The van der Waals surface area contributed by atoms with Crippen LogP contribution in [0.15, 0.2) is 29.2 Å². The zero-order valence-corrected chi connectivity index (χ0v) is 16.8. The number of benzene rings is 1. The Morgan fingerprint density at radius 2 is 1.79 bits per heavy atom. The molecule has 2 aliphatic rings. The van der Waals surface area contributed by atoms with Crippen molar-refractivity contribution in [3.63, 3.8) is 0 Å². The van der Waals surface area contributed by atoms with Gasteiger partial charge in [0.2, 0.25) is 15.9 Å². The average molecular weight is 410 g/mol. The van der Waals surface area contributed by atoms with E-state index in [1.807, 2.05) is 6.92 Å². The SMILES string of the molecule is COc1ccc(S(=O)(=O)N2CCC(C(=O)NC(C(=O)O)C3CC3C)CC2)cc1. The van der Waals surface area contributed by atoms with E-state index in [0.29, 0.717) is 24.5 Å². The van der Waals surface area contributed by atoms with Crippen molar-refractivity contribution >= 4 is 21.9 Å². The molecule has 9 heteroatoms. The van der Waals surface area contributed by atoms with Gasteiger partial charge in [-0.1, -0.05) is 6.92 Å². The minimum absolute atomic E-state index is 0.0167. The van der Waals surface area contributed by atoms with E-state index in [-0.39, 0.29) is 35.7 Å². The third kappa shape index (κ3) is 4.30. The largest absolute Gasteiger partial charge is 0.497 e. The molecule has 28 heavy (non-hydrogen) atoms. The summed E-state index contributed by atoms with van der Waals surface area (Å²) in [5.74, 6) is -0.824. The lowest BCUT2D eigenvalue weighted by Crippen LogP contribution is -2.48. The molecule has 3 rings (SSSR count). The maximum atomic E-state index is 12.8. The number of carboxylic acids is 1. The van der Waals surface area contributed by atoms with Gasteiger partial charge in [0.1, 0.15) is 11.8 Å². The van der Waals surface area contributed by atoms with Gasteiger partial charge in [-0.25, -0.2) is 13.2 Å². The zero-order valence-electron chi connectivity index (χ0n) is 16.0. The highest BCUT2D eigenvalue weighted by Gasteiger charge is 2.44. The summed E-state index contributed by atoms with van der Waals surface area (Å²) < 4.78 is 32.0. The standard InChI is InChI=1S/C19H26N2O6S/c1-12-11-16(12)17(19(23)24)20-18(22)13-7-9-21(10-8-13)28(25,26)15-5-3-14(27-2)4-6-15/h3-6,12-13,16-17H,7-11H2,1-2H3,(H,20,22)(H,23,24). The van der Waals surface area contributed by atoms with E-state index in [9.17, 15) is 23.1 Å². The molecule has 3 atom stereocenters. The number of carboxylic acid groups (broad SMARTS) is 1. The van der Waals surface area contributed by atoms with Gasteiger partial charge in [-0.05, 0) is 55.4 Å². The summed E-state index contributed by atoms with van der Waals surface area (Å²) in [4.78, 5) is 24.1. The fraction of sp³-hybridized carbons (Fsp3) is 0.579. The van der Waals surface area contributed by atoms with E-state index >= 15 is 0 Å². The molecular formula is C19H26N2O6S.